The number of aliphatic hydroxyl groups is 1. The summed E-state index contributed by atoms with van der Waals surface area (Å²) < 4.78 is 28.9. The van der Waals surface area contributed by atoms with Crippen LogP contribution in [0.2, 0.25) is 0 Å². The number of hydrogen-bond donors (Lipinski definition) is 3. The van der Waals surface area contributed by atoms with Crippen molar-refractivity contribution in [2.75, 3.05) is 23.2 Å². The Kier molecular flexibility index (Phi) is 4.67. The lowest BCUT2D eigenvalue weighted by Gasteiger charge is -2.09. The van der Waals surface area contributed by atoms with Crippen molar-refractivity contribution >= 4 is 21.5 Å². The second kappa shape index (κ2) is 6.32. The number of hydrogen-bond acceptors (Lipinski definition) is 6. The lowest BCUT2D eigenvalue weighted by molar-refractivity contribution is 0.311. The lowest BCUT2D eigenvalue weighted by Crippen LogP contribution is -2.15. The van der Waals surface area contributed by atoms with Gasteiger partial charge in [0.25, 0.3) is 10.0 Å². The van der Waals surface area contributed by atoms with Gasteiger partial charge in [0.15, 0.2) is 0 Å². The SMILES string of the molecule is Cc1nn(C)c(C)c1NS(=O)(=O)c1ccc(NCCO)nc1. The molecular weight excluding hydrogens is 306 g/mol. The zero-order chi connectivity index (χ0) is 16.3. The topological polar surface area (TPSA) is 109 Å². The molecule has 0 unspecified atom stereocenters. The summed E-state index contributed by atoms with van der Waals surface area (Å²) in [5.74, 6) is 0.502. The van der Waals surface area contributed by atoms with Crippen molar-refractivity contribution in [3.05, 3.63) is 29.7 Å². The Balaban J connectivity index is 2.23. The quantitative estimate of drug-likeness (QED) is 0.719. The van der Waals surface area contributed by atoms with Crippen molar-refractivity contribution in [3.63, 3.8) is 0 Å². The molecule has 3 N–H and O–H groups in total. The highest BCUT2D eigenvalue weighted by atomic mass is 32.2. The van der Waals surface area contributed by atoms with Gasteiger partial charge in [-0.3, -0.25) is 9.40 Å². The molecule has 0 bridgehead atoms. The molecule has 0 spiro atoms. The number of aromatic nitrogens is 3. The average molecular weight is 325 g/mol. The number of aliphatic hydroxyl groups excluding tert-OH is 1. The third kappa shape index (κ3) is 3.37. The van der Waals surface area contributed by atoms with Crippen molar-refractivity contribution in [2.45, 2.75) is 18.7 Å². The van der Waals surface area contributed by atoms with Gasteiger partial charge in [-0.05, 0) is 26.0 Å². The summed E-state index contributed by atoms with van der Waals surface area (Å²) in [6.45, 7) is 3.86. The van der Waals surface area contributed by atoms with Crippen LogP contribution in [0.15, 0.2) is 23.2 Å². The fourth-order valence-electron chi connectivity index (χ4n) is 1.94. The zero-order valence-electron chi connectivity index (χ0n) is 12.7. The summed E-state index contributed by atoms with van der Waals surface area (Å²) in [7, 11) is -1.97. The average Bonchev–Trinajstić information content (AvgIpc) is 2.72. The molecule has 2 heterocycles. The molecule has 22 heavy (non-hydrogen) atoms. The first kappa shape index (κ1) is 16.2. The van der Waals surface area contributed by atoms with E-state index in [1.807, 2.05) is 0 Å². The highest BCUT2D eigenvalue weighted by Gasteiger charge is 2.19. The fourth-order valence-corrected chi connectivity index (χ4v) is 3.06. The van der Waals surface area contributed by atoms with Crippen molar-refractivity contribution in [1.82, 2.24) is 14.8 Å². The number of anilines is 2. The van der Waals surface area contributed by atoms with Gasteiger partial charge in [0.1, 0.15) is 10.7 Å². The van der Waals surface area contributed by atoms with Crippen molar-refractivity contribution < 1.29 is 13.5 Å². The highest BCUT2D eigenvalue weighted by molar-refractivity contribution is 7.92. The Morgan fingerprint density at radius 2 is 2.05 bits per heavy atom. The Hall–Kier alpha value is -2.13. The third-order valence-electron chi connectivity index (χ3n) is 3.21. The van der Waals surface area contributed by atoms with Crippen LogP contribution in [0, 0.1) is 13.8 Å². The zero-order valence-corrected chi connectivity index (χ0v) is 13.5. The van der Waals surface area contributed by atoms with Crippen LogP contribution in [-0.2, 0) is 17.1 Å². The molecule has 0 aliphatic carbocycles. The van der Waals surface area contributed by atoms with Crippen LogP contribution in [0.1, 0.15) is 11.4 Å². The first-order valence-corrected chi connectivity index (χ1v) is 8.17. The lowest BCUT2D eigenvalue weighted by atomic mass is 10.3. The number of sulfonamides is 1. The van der Waals surface area contributed by atoms with Gasteiger partial charge in [-0.25, -0.2) is 13.4 Å². The predicted octanol–water partition coefficient (Wildman–Crippen LogP) is 0.637. The number of nitrogens with one attached hydrogen (secondary N) is 2. The molecule has 2 rings (SSSR count). The Bertz CT molecular complexity index is 753. The maximum Gasteiger partial charge on any atom is 0.263 e. The van der Waals surface area contributed by atoms with Gasteiger partial charge in [0.2, 0.25) is 0 Å². The Morgan fingerprint density at radius 1 is 1.32 bits per heavy atom. The van der Waals surface area contributed by atoms with E-state index in [0.29, 0.717) is 23.7 Å². The molecule has 0 fully saturated rings. The van der Waals surface area contributed by atoms with Crippen LogP contribution >= 0.6 is 0 Å². The van der Waals surface area contributed by atoms with Gasteiger partial charge in [-0.15, -0.1) is 0 Å². The van der Waals surface area contributed by atoms with E-state index in [9.17, 15) is 8.42 Å². The van der Waals surface area contributed by atoms with E-state index >= 15 is 0 Å². The Labute approximate surface area is 129 Å². The molecule has 0 aliphatic heterocycles. The predicted molar refractivity (Wildman–Crippen MR) is 83.3 cm³/mol. The van der Waals surface area contributed by atoms with E-state index in [4.69, 9.17) is 5.11 Å². The van der Waals surface area contributed by atoms with Gasteiger partial charge in [-0.1, -0.05) is 0 Å². The molecule has 2 aromatic heterocycles. The normalized spacial score (nSPS) is 11.5. The monoisotopic (exact) mass is 325 g/mol. The second-order valence-corrected chi connectivity index (χ2v) is 6.49. The van der Waals surface area contributed by atoms with Crippen LogP contribution in [-0.4, -0.2) is 41.4 Å². The van der Waals surface area contributed by atoms with E-state index < -0.39 is 10.0 Å². The van der Waals surface area contributed by atoms with Crippen LogP contribution < -0.4 is 10.0 Å². The molecule has 8 nitrogen and oxygen atoms in total. The standard InChI is InChI=1S/C13H19N5O3S/c1-9-13(10(2)18(3)16-9)17-22(20,21)11-4-5-12(15-8-11)14-6-7-19/h4-5,8,17,19H,6-7H2,1-3H3,(H,14,15). The van der Waals surface area contributed by atoms with Crippen LogP contribution in [0.25, 0.3) is 0 Å². The molecule has 0 aromatic carbocycles. The molecule has 0 saturated carbocycles. The second-order valence-electron chi connectivity index (χ2n) is 4.80. The molecule has 9 heteroatoms. The summed E-state index contributed by atoms with van der Waals surface area (Å²) >= 11 is 0. The Morgan fingerprint density at radius 3 is 2.55 bits per heavy atom. The summed E-state index contributed by atoms with van der Waals surface area (Å²) in [4.78, 5) is 4.07. The third-order valence-corrected chi connectivity index (χ3v) is 4.54. The van der Waals surface area contributed by atoms with Crippen LogP contribution in [0.4, 0.5) is 11.5 Å². The first-order valence-electron chi connectivity index (χ1n) is 6.69. The van der Waals surface area contributed by atoms with E-state index in [1.165, 1.54) is 12.3 Å². The molecule has 0 atom stereocenters. The minimum Gasteiger partial charge on any atom is -0.395 e. The highest BCUT2D eigenvalue weighted by Crippen LogP contribution is 2.22. The molecule has 120 valence electrons. The first-order chi connectivity index (χ1) is 10.3. The van der Waals surface area contributed by atoms with Crippen molar-refractivity contribution in [1.29, 1.82) is 0 Å². The maximum absolute atomic E-state index is 12.4. The molecular formula is C13H19N5O3S. The maximum atomic E-state index is 12.4. The van der Waals surface area contributed by atoms with Gasteiger partial charge in [0.05, 0.1) is 23.7 Å². The summed E-state index contributed by atoms with van der Waals surface area (Å²) in [5, 5.41) is 15.8. The van der Waals surface area contributed by atoms with Crippen molar-refractivity contribution in [3.8, 4) is 0 Å². The fraction of sp³-hybridized carbons (Fsp3) is 0.385. The van der Waals surface area contributed by atoms with Crippen LogP contribution in [0.5, 0.6) is 0 Å². The van der Waals surface area contributed by atoms with Gasteiger partial charge in [-0.2, -0.15) is 5.10 Å². The minimum atomic E-state index is -3.73. The number of rotatable bonds is 6. The molecule has 0 saturated heterocycles. The number of nitrogens with zero attached hydrogens (tertiary/aromatic N) is 3. The van der Waals surface area contributed by atoms with Gasteiger partial charge in [0, 0.05) is 19.8 Å². The van der Waals surface area contributed by atoms with Crippen LogP contribution in [0.3, 0.4) is 0 Å². The molecule has 2 aromatic rings. The largest absolute Gasteiger partial charge is 0.395 e. The summed E-state index contributed by atoms with van der Waals surface area (Å²) in [6.07, 6.45) is 1.27. The van der Waals surface area contributed by atoms with E-state index in [2.05, 4.69) is 20.1 Å². The molecule has 0 aliphatic rings. The number of pyridine rings is 1. The smallest absolute Gasteiger partial charge is 0.263 e. The van der Waals surface area contributed by atoms with E-state index in [-0.39, 0.29) is 11.5 Å². The van der Waals surface area contributed by atoms with E-state index in [1.54, 1.807) is 31.6 Å². The van der Waals surface area contributed by atoms with Crippen molar-refractivity contribution in [2.24, 2.45) is 7.05 Å². The minimum absolute atomic E-state index is 0.0250. The van der Waals surface area contributed by atoms with Gasteiger partial charge < -0.3 is 10.4 Å². The number of aryl methyl sites for hydroxylation is 2. The van der Waals surface area contributed by atoms with Gasteiger partial charge >= 0.3 is 0 Å². The summed E-state index contributed by atoms with van der Waals surface area (Å²) in [6, 6.07) is 3.00. The summed E-state index contributed by atoms with van der Waals surface area (Å²) in [5.41, 5.74) is 1.82. The molecule has 0 amide bonds. The molecule has 0 radical (unpaired) electrons. The van der Waals surface area contributed by atoms with E-state index in [0.717, 1.165) is 5.69 Å².